The minimum Gasteiger partial charge on any atom is -0.477 e. The van der Waals surface area contributed by atoms with Crippen molar-refractivity contribution in [2.45, 2.75) is 13.5 Å². The molecule has 0 spiro atoms. The number of piperazine rings is 1. The Morgan fingerprint density at radius 1 is 1.38 bits per heavy atom. The van der Waals surface area contributed by atoms with Gasteiger partial charge in [-0.15, -0.1) is 0 Å². The number of carbonyl (C=O) groups is 2. The highest BCUT2D eigenvalue weighted by Crippen LogP contribution is 2.25. The number of anilines is 1. The maximum atomic E-state index is 14.5. The van der Waals surface area contributed by atoms with Crippen LogP contribution in [-0.2, 0) is 11.3 Å². The molecule has 0 atom stereocenters. The maximum Gasteiger partial charge on any atom is 0.341 e. The van der Waals surface area contributed by atoms with E-state index >= 15 is 0 Å². The number of rotatable bonds is 3. The number of nitrogens with one attached hydrogen (secondary N) is 1. The van der Waals surface area contributed by atoms with Gasteiger partial charge in [-0.3, -0.25) is 9.59 Å². The number of hydrogen-bond donors (Lipinski definition) is 2. The molecule has 0 saturated carbocycles. The Hall–Kier alpha value is -2.90. The topological polar surface area (TPSA) is 91.6 Å². The molecule has 2 heterocycles. The number of benzene rings is 1. The van der Waals surface area contributed by atoms with E-state index in [1.54, 1.807) is 6.92 Å². The minimum absolute atomic E-state index is 0.0109. The van der Waals surface area contributed by atoms with Gasteiger partial charge in [0, 0.05) is 37.3 Å². The molecule has 1 aromatic heterocycles. The first kappa shape index (κ1) is 16.0. The zero-order valence-electron chi connectivity index (χ0n) is 13.0. The zero-order valence-corrected chi connectivity index (χ0v) is 13.0. The smallest absolute Gasteiger partial charge is 0.341 e. The third kappa shape index (κ3) is 2.60. The summed E-state index contributed by atoms with van der Waals surface area (Å²) in [5.41, 5.74) is -0.571. The van der Waals surface area contributed by atoms with Crippen molar-refractivity contribution >= 4 is 28.5 Å². The van der Waals surface area contributed by atoms with Crippen LogP contribution in [0.25, 0.3) is 10.9 Å². The van der Waals surface area contributed by atoms with Gasteiger partial charge in [0.2, 0.25) is 11.3 Å². The highest BCUT2D eigenvalue weighted by molar-refractivity contribution is 5.94. The molecule has 8 heteroatoms. The van der Waals surface area contributed by atoms with Gasteiger partial charge < -0.3 is 19.9 Å². The fourth-order valence-corrected chi connectivity index (χ4v) is 2.90. The Labute approximate surface area is 136 Å². The van der Waals surface area contributed by atoms with Gasteiger partial charge in [0.05, 0.1) is 17.7 Å². The number of pyridine rings is 1. The zero-order chi connectivity index (χ0) is 17.4. The van der Waals surface area contributed by atoms with E-state index in [2.05, 4.69) is 5.32 Å². The van der Waals surface area contributed by atoms with Crippen molar-refractivity contribution in [3.63, 3.8) is 0 Å². The SMILES string of the molecule is CCn1cc(C(=O)O)c(=O)c2cc(N3CCNC(=O)C3)c(F)cc21. The molecule has 3 rings (SSSR count). The first-order valence-electron chi connectivity index (χ1n) is 7.54. The predicted molar refractivity (Wildman–Crippen MR) is 86.0 cm³/mol. The number of halogens is 1. The van der Waals surface area contributed by atoms with Crippen LogP contribution in [0.1, 0.15) is 17.3 Å². The predicted octanol–water partition coefficient (Wildman–Crippen LogP) is 0.795. The molecule has 126 valence electrons. The molecule has 0 bridgehead atoms. The highest BCUT2D eigenvalue weighted by Gasteiger charge is 2.22. The quantitative estimate of drug-likeness (QED) is 0.867. The Balaban J connectivity index is 2.25. The molecule has 1 aliphatic rings. The molecule has 2 aromatic rings. The van der Waals surface area contributed by atoms with Crippen molar-refractivity contribution in [3.8, 4) is 0 Å². The fraction of sp³-hybridized carbons (Fsp3) is 0.312. The second-order valence-electron chi connectivity index (χ2n) is 5.56. The average Bonchev–Trinajstić information content (AvgIpc) is 2.54. The van der Waals surface area contributed by atoms with Crippen molar-refractivity contribution < 1.29 is 19.1 Å². The molecule has 0 radical (unpaired) electrons. The van der Waals surface area contributed by atoms with Crippen molar-refractivity contribution in [2.24, 2.45) is 0 Å². The summed E-state index contributed by atoms with van der Waals surface area (Å²) in [6.07, 6.45) is 1.22. The number of fused-ring (bicyclic) bond motifs is 1. The summed E-state index contributed by atoms with van der Waals surface area (Å²) < 4.78 is 16.1. The lowest BCUT2D eigenvalue weighted by Crippen LogP contribution is -2.48. The van der Waals surface area contributed by atoms with Crippen LogP contribution < -0.4 is 15.6 Å². The second kappa shape index (κ2) is 5.95. The summed E-state index contributed by atoms with van der Waals surface area (Å²) in [4.78, 5) is 36.8. The number of carboxylic acid groups (broad SMARTS) is 1. The van der Waals surface area contributed by atoms with Gasteiger partial charge in [-0.1, -0.05) is 0 Å². The first-order valence-corrected chi connectivity index (χ1v) is 7.54. The fourth-order valence-electron chi connectivity index (χ4n) is 2.90. The van der Waals surface area contributed by atoms with E-state index in [1.807, 2.05) is 0 Å². The normalized spacial score (nSPS) is 14.8. The molecule has 1 aliphatic heterocycles. The highest BCUT2D eigenvalue weighted by atomic mass is 19.1. The summed E-state index contributed by atoms with van der Waals surface area (Å²) in [5.74, 6) is -2.11. The molecular formula is C16H16FN3O4. The second-order valence-corrected chi connectivity index (χ2v) is 5.56. The molecule has 24 heavy (non-hydrogen) atoms. The van der Waals surface area contributed by atoms with Gasteiger partial charge in [0.25, 0.3) is 0 Å². The van der Waals surface area contributed by atoms with E-state index in [0.29, 0.717) is 25.2 Å². The Morgan fingerprint density at radius 3 is 2.75 bits per heavy atom. The lowest BCUT2D eigenvalue weighted by molar-refractivity contribution is -0.120. The van der Waals surface area contributed by atoms with E-state index in [-0.39, 0.29) is 29.1 Å². The number of amides is 1. The van der Waals surface area contributed by atoms with E-state index in [1.165, 1.54) is 27.8 Å². The monoisotopic (exact) mass is 333 g/mol. The number of aromatic carboxylic acids is 1. The van der Waals surface area contributed by atoms with E-state index < -0.39 is 17.2 Å². The molecule has 2 N–H and O–H groups in total. The molecule has 1 amide bonds. The van der Waals surface area contributed by atoms with Gasteiger partial charge >= 0.3 is 5.97 Å². The number of nitrogens with zero attached hydrogens (tertiary/aromatic N) is 2. The summed E-state index contributed by atoms with van der Waals surface area (Å²) in [7, 11) is 0. The van der Waals surface area contributed by atoms with E-state index in [9.17, 15) is 23.9 Å². The van der Waals surface area contributed by atoms with Crippen LogP contribution in [0, 0.1) is 5.82 Å². The molecule has 0 aliphatic carbocycles. The first-order chi connectivity index (χ1) is 11.4. The Bertz CT molecular complexity index is 906. The van der Waals surface area contributed by atoms with Crippen LogP contribution in [0.5, 0.6) is 0 Å². The Morgan fingerprint density at radius 2 is 2.12 bits per heavy atom. The number of aromatic nitrogens is 1. The van der Waals surface area contributed by atoms with Gasteiger partial charge in [0.15, 0.2) is 0 Å². The van der Waals surface area contributed by atoms with Crippen molar-refractivity contribution in [3.05, 3.63) is 39.9 Å². The van der Waals surface area contributed by atoms with Gasteiger partial charge in [-0.05, 0) is 13.0 Å². The maximum absolute atomic E-state index is 14.5. The molecule has 7 nitrogen and oxygen atoms in total. The number of aryl methyl sites for hydroxylation is 1. The van der Waals surface area contributed by atoms with Gasteiger partial charge in [-0.2, -0.15) is 0 Å². The van der Waals surface area contributed by atoms with E-state index in [4.69, 9.17) is 0 Å². The minimum atomic E-state index is -1.33. The molecule has 1 aromatic carbocycles. The summed E-state index contributed by atoms with van der Waals surface area (Å²) in [6.45, 7) is 2.95. The van der Waals surface area contributed by atoms with Crippen molar-refractivity contribution in [1.82, 2.24) is 9.88 Å². The van der Waals surface area contributed by atoms with Crippen LogP contribution in [0.2, 0.25) is 0 Å². The number of carboxylic acids is 1. The third-order valence-electron chi connectivity index (χ3n) is 4.10. The number of hydrogen-bond acceptors (Lipinski definition) is 4. The van der Waals surface area contributed by atoms with Crippen LogP contribution in [-0.4, -0.2) is 41.2 Å². The lowest BCUT2D eigenvalue weighted by Gasteiger charge is -2.29. The summed E-state index contributed by atoms with van der Waals surface area (Å²) in [5, 5.41) is 12.0. The Kier molecular flexibility index (Phi) is 3.96. The van der Waals surface area contributed by atoms with Gasteiger partial charge in [-0.25, -0.2) is 9.18 Å². The lowest BCUT2D eigenvalue weighted by atomic mass is 10.1. The van der Waals surface area contributed by atoms with Crippen molar-refractivity contribution in [1.29, 1.82) is 0 Å². The third-order valence-corrected chi connectivity index (χ3v) is 4.10. The molecular weight excluding hydrogens is 317 g/mol. The van der Waals surface area contributed by atoms with E-state index in [0.717, 1.165) is 0 Å². The molecule has 1 saturated heterocycles. The van der Waals surface area contributed by atoms with Gasteiger partial charge in [0.1, 0.15) is 11.4 Å². The number of carbonyl (C=O) groups excluding carboxylic acids is 1. The van der Waals surface area contributed by atoms with Crippen molar-refractivity contribution in [2.75, 3.05) is 24.5 Å². The standard InChI is InChI=1S/C16H16FN3O4/c1-2-19-7-10(16(23)24)15(22)9-5-13(11(17)6-12(9)19)20-4-3-18-14(21)8-20/h5-7H,2-4,8H2,1H3,(H,18,21)(H,23,24). The summed E-state index contributed by atoms with van der Waals surface area (Å²) in [6, 6.07) is 2.55. The summed E-state index contributed by atoms with van der Waals surface area (Å²) >= 11 is 0. The van der Waals surface area contributed by atoms with Crippen LogP contribution in [0.15, 0.2) is 23.1 Å². The largest absolute Gasteiger partial charge is 0.477 e. The average molecular weight is 333 g/mol. The molecule has 0 unspecified atom stereocenters. The van der Waals surface area contributed by atoms with Crippen LogP contribution >= 0.6 is 0 Å². The van der Waals surface area contributed by atoms with Crippen LogP contribution in [0.3, 0.4) is 0 Å². The molecule has 1 fully saturated rings. The van der Waals surface area contributed by atoms with Crippen LogP contribution in [0.4, 0.5) is 10.1 Å².